The molecule has 0 atom stereocenters. The minimum absolute atomic E-state index is 0.0407. The molecular weight excluding hydrogens is 252 g/mol. The lowest BCUT2D eigenvalue weighted by Gasteiger charge is -2.10. The Morgan fingerprint density at radius 2 is 2.11 bits per heavy atom. The van der Waals surface area contributed by atoms with Crippen LogP contribution in [0.3, 0.4) is 0 Å². The molecule has 0 aliphatic rings. The van der Waals surface area contributed by atoms with Crippen LogP contribution in [-0.2, 0) is 0 Å². The van der Waals surface area contributed by atoms with Crippen molar-refractivity contribution in [2.45, 2.75) is 20.5 Å². The summed E-state index contributed by atoms with van der Waals surface area (Å²) >= 11 is 0. The fraction of sp³-hybridized carbons (Fsp3) is 0.429. The highest BCUT2D eigenvalue weighted by Crippen LogP contribution is 2.30. The summed E-state index contributed by atoms with van der Waals surface area (Å²) in [5.41, 5.74) is 2.03. The van der Waals surface area contributed by atoms with Crippen LogP contribution in [0.2, 0.25) is 0 Å². The lowest BCUT2D eigenvalue weighted by Crippen LogP contribution is -2.14. The number of methoxy groups -OCH3 is 1. The largest absolute Gasteiger partial charge is 0.493 e. The number of alkyl halides is 2. The molecule has 0 spiro atoms. The Morgan fingerprint density at radius 1 is 1.37 bits per heavy atom. The molecule has 1 N–H and O–H groups in total. The Hall–Kier alpha value is -1.62. The molecule has 0 saturated carbocycles. The van der Waals surface area contributed by atoms with Crippen LogP contribution in [-0.4, -0.2) is 26.8 Å². The highest BCUT2D eigenvalue weighted by molar-refractivity contribution is 5.58. The maximum absolute atomic E-state index is 12.2. The first-order valence-corrected chi connectivity index (χ1v) is 6.07. The topological polar surface area (TPSA) is 30.5 Å². The molecular formula is C14H19F2NO2. The summed E-state index contributed by atoms with van der Waals surface area (Å²) in [6.45, 7) is 2.86. The van der Waals surface area contributed by atoms with E-state index in [1.807, 2.05) is 19.9 Å². The Bertz CT molecular complexity index is 433. The van der Waals surface area contributed by atoms with Crippen molar-refractivity contribution in [3.63, 3.8) is 0 Å². The fourth-order valence-electron chi connectivity index (χ4n) is 1.63. The van der Waals surface area contributed by atoms with Crippen molar-refractivity contribution in [1.29, 1.82) is 0 Å². The first kappa shape index (κ1) is 15.4. The standard InChI is InChI=1S/C14H19F2NO2/c1-4-17-9-10(2)7-11-5-6-12(19-14(15)16)13(8-11)18-3/h5-8,14,17H,4,9H2,1-3H3. The summed E-state index contributed by atoms with van der Waals surface area (Å²) in [6.07, 6.45) is 1.97. The van der Waals surface area contributed by atoms with E-state index in [4.69, 9.17) is 4.74 Å². The zero-order valence-corrected chi connectivity index (χ0v) is 11.4. The molecule has 1 aromatic rings. The monoisotopic (exact) mass is 271 g/mol. The number of benzene rings is 1. The van der Waals surface area contributed by atoms with E-state index in [-0.39, 0.29) is 5.75 Å². The lowest BCUT2D eigenvalue weighted by molar-refractivity contribution is -0.0512. The molecule has 5 heteroatoms. The van der Waals surface area contributed by atoms with Gasteiger partial charge in [0.25, 0.3) is 0 Å². The Kier molecular flexibility index (Phi) is 6.29. The first-order chi connectivity index (χ1) is 9.06. The van der Waals surface area contributed by atoms with Crippen molar-refractivity contribution >= 4 is 6.08 Å². The molecule has 19 heavy (non-hydrogen) atoms. The van der Waals surface area contributed by atoms with Crippen LogP contribution >= 0.6 is 0 Å². The minimum atomic E-state index is -2.86. The van der Waals surface area contributed by atoms with Crippen molar-refractivity contribution in [2.75, 3.05) is 20.2 Å². The molecule has 0 radical (unpaired) electrons. The predicted molar refractivity (Wildman–Crippen MR) is 71.8 cm³/mol. The van der Waals surface area contributed by atoms with E-state index in [1.54, 1.807) is 12.1 Å². The van der Waals surface area contributed by atoms with Crippen LogP contribution in [0, 0.1) is 0 Å². The second kappa shape index (κ2) is 7.74. The van der Waals surface area contributed by atoms with Crippen LogP contribution in [0.25, 0.3) is 6.08 Å². The molecule has 0 heterocycles. The number of rotatable bonds is 7. The van der Waals surface area contributed by atoms with Crippen LogP contribution in [0.1, 0.15) is 19.4 Å². The van der Waals surface area contributed by atoms with Gasteiger partial charge in [-0.2, -0.15) is 8.78 Å². The molecule has 0 aliphatic heterocycles. The predicted octanol–water partition coefficient (Wildman–Crippen LogP) is 3.31. The van der Waals surface area contributed by atoms with E-state index in [0.717, 1.165) is 24.2 Å². The van der Waals surface area contributed by atoms with Gasteiger partial charge in [0.15, 0.2) is 11.5 Å². The summed E-state index contributed by atoms with van der Waals surface area (Å²) in [6, 6.07) is 4.88. The van der Waals surface area contributed by atoms with Crippen LogP contribution < -0.4 is 14.8 Å². The van der Waals surface area contributed by atoms with Gasteiger partial charge in [0.1, 0.15) is 0 Å². The molecule has 0 fully saturated rings. The van der Waals surface area contributed by atoms with E-state index in [0.29, 0.717) is 5.75 Å². The van der Waals surface area contributed by atoms with Gasteiger partial charge in [-0.25, -0.2) is 0 Å². The second-order valence-corrected chi connectivity index (χ2v) is 4.06. The van der Waals surface area contributed by atoms with E-state index >= 15 is 0 Å². The fourth-order valence-corrected chi connectivity index (χ4v) is 1.63. The average molecular weight is 271 g/mol. The van der Waals surface area contributed by atoms with Crippen LogP contribution in [0.5, 0.6) is 11.5 Å². The third-order valence-electron chi connectivity index (χ3n) is 2.47. The van der Waals surface area contributed by atoms with Crippen molar-refractivity contribution in [3.05, 3.63) is 29.3 Å². The van der Waals surface area contributed by atoms with E-state index in [9.17, 15) is 8.78 Å². The summed E-state index contributed by atoms with van der Waals surface area (Å²) < 4.78 is 33.8. The van der Waals surface area contributed by atoms with E-state index in [1.165, 1.54) is 13.2 Å². The third kappa shape index (κ3) is 5.26. The Morgan fingerprint density at radius 3 is 2.68 bits per heavy atom. The van der Waals surface area contributed by atoms with Crippen molar-refractivity contribution in [3.8, 4) is 11.5 Å². The van der Waals surface area contributed by atoms with Gasteiger partial charge < -0.3 is 14.8 Å². The van der Waals surface area contributed by atoms with Gasteiger partial charge in [-0.05, 0) is 31.2 Å². The summed E-state index contributed by atoms with van der Waals surface area (Å²) in [4.78, 5) is 0. The van der Waals surface area contributed by atoms with E-state index in [2.05, 4.69) is 10.1 Å². The van der Waals surface area contributed by atoms with Gasteiger partial charge in [0.2, 0.25) is 0 Å². The average Bonchev–Trinajstić information content (AvgIpc) is 2.37. The van der Waals surface area contributed by atoms with Crippen molar-refractivity contribution in [2.24, 2.45) is 0 Å². The van der Waals surface area contributed by atoms with Gasteiger partial charge in [0.05, 0.1) is 7.11 Å². The number of nitrogens with one attached hydrogen (secondary N) is 1. The van der Waals surface area contributed by atoms with Gasteiger partial charge >= 0.3 is 6.61 Å². The zero-order valence-electron chi connectivity index (χ0n) is 11.4. The molecule has 0 unspecified atom stereocenters. The molecule has 0 amide bonds. The molecule has 0 saturated heterocycles. The van der Waals surface area contributed by atoms with Gasteiger partial charge in [0, 0.05) is 6.54 Å². The van der Waals surface area contributed by atoms with Gasteiger partial charge in [-0.3, -0.25) is 0 Å². The number of likely N-dealkylation sites (N-methyl/N-ethyl adjacent to an activating group) is 1. The zero-order chi connectivity index (χ0) is 14.3. The maximum Gasteiger partial charge on any atom is 0.387 e. The van der Waals surface area contributed by atoms with Crippen molar-refractivity contribution < 1.29 is 18.3 Å². The third-order valence-corrected chi connectivity index (χ3v) is 2.47. The van der Waals surface area contributed by atoms with Crippen LogP contribution in [0.4, 0.5) is 8.78 Å². The summed E-state index contributed by atoms with van der Waals surface area (Å²) in [5, 5.41) is 3.21. The number of ether oxygens (including phenoxy) is 2. The molecule has 1 aromatic carbocycles. The molecule has 3 nitrogen and oxygen atoms in total. The summed E-state index contributed by atoms with van der Waals surface area (Å²) in [5.74, 6) is 0.337. The Labute approximate surface area is 112 Å². The molecule has 0 bridgehead atoms. The van der Waals surface area contributed by atoms with Gasteiger partial charge in [-0.1, -0.05) is 24.6 Å². The van der Waals surface area contributed by atoms with Crippen LogP contribution in [0.15, 0.2) is 23.8 Å². The van der Waals surface area contributed by atoms with E-state index < -0.39 is 6.61 Å². The Balaban J connectivity index is 2.87. The van der Waals surface area contributed by atoms with Crippen molar-refractivity contribution in [1.82, 2.24) is 5.32 Å². The first-order valence-electron chi connectivity index (χ1n) is 6.07. The molecule has 1 rings (SSSR count). The number of hydrogen-bond donors (Lipinski definition) is 1. The quantitative estimate of drug-likeness (QED) is 0.825. The number of halogens is 2. The molecule has 106 valence electrons. The summed E-state index contributed by atoms with van der Waals surface area (Å²) in [7, 11) is 1.42. The maximum atomic E-state index is 12.2. The lowest BCUT2D eigenvalue weighted by atomic mass is 10.1. The smallest absolute Gasteiger partial charge is 0.387 e. The highest BCUT2D eigenvalue weighted by atomic mass is 19.3. The molecule has 0 aliphatic carbocycles. The minimum Gasteiger partial charge on any atom is -0.493 e. The normalized spacial score (nSPS) is 11.8. The number of hydrogen-bond acceptors (Lipinski definition) is 3. The molecule has 0 aromatic heterocycles. The van der Waals surface area contributed by atoms with Gasteiger partial charge in [-0.15, -0.1) is 0 Å². The SMILES string of the molecule is CCNCC(C)=Cc1ccc(OC(F)F)c(OC)c1. The second-order valence-electron chi connectivity index (χ2n) is 4.06. The highest BCUT2D eigenvalue weighted by Gasteiger charge is 2.10.